The number of hydrogen-bond donors (Lipinski definition) is 2. The molecule has 1 aromatic rings. The zero-order chi connectivity index (χ0) is 12.3. The summed E-state index contributed by atoms with van der Waals surface area (Å²) in [5.74, 6) is 0.558. The van der Waals surface area contributed by atoms with E-state index in [1.807, 2.05) is 0 Å². The summed E-state index contributed by atoms with van der Waals surface area (Å²) in [4.78, 5) is 0. The first-order valence-electron chi connectivity index (χ1n) is 6.31. The van der Waals surface area contributed by atoms with Crippen molar-refractivity contribution in [2.24, 2.45) is 5.92 Å². The minimum atomic E-state index is -0.151. The van der Waals surface area contributed by atoms with E-state index in [0.29, 0.717) is 12.0 Å². The predicted octanol–water partition coefficient (Wildman–Crippen LogP) is 2.74. The van der Waals surface area contributed by atoms with Crippen LogP contribution >= 0.6 is 15.9 Å². The van der Waals surface area contributed by atoms with Crippen LogP contribution in [-0.2, 0) is 6.42 Å². The van der Waals surface area contributed by atoms with Gasteiger partial charge in [0.15, 0.2) is 0 Å². The van der Waals surface area contributed by atoms with Crippen LogP contribution in [0.1, 0.15) is 25.3 Å². The highest BCUT2D eigenvalue weighted by atomic mass is 79.9. The second kappa shape index (κ2) is 5.98. The lowest BCUT2D eigenvalue weighted by atomic mass is 10.1. The minimum Gasteiger partial charge on any atom is -0.392 e. The largest absolute Gasteiger partial charge is 0.392 e. The standard InChI is InChI=1S/C14H20BrNO/c1-10(16-9-14(17)12-4-5-12)8-11-2-6-13(15)7-3-11/h2-3,6-7,10,12,14,16-17H,4-5,8-9H2,1H3. The third kappa shape index (κ3) is 4.41. The summed E-state index contributed by atoms with van der Waals surface area (Å²) >= 11 is 3.44. The van der Waals surface area contributed by atoms with Gasteiger partial charge in [-0.25, -0.2) is 0 Å². The fraction of sp³-hybridized carbons (Fsp3) is 0.571. The van der Waals surface area contributed by atoms with E-state index >= 15 is 0 Å². The molecule has 2 atom stereocenters. The van der Waals surface area contributed by atoms with Gasteiger partial charge in [-0.2, -0.15) is 0 Å². The van der Waals surface area contributed by atoms with Crippen LogP contribution in [0.3, 0.4) is 0 Å². The van der Waals surface area contributed by atoms with Crippen LogP contribution in [0.25, 0.3) is 0 Å². The molecule has 3 heteroatoms. The molecule has 0 radical (unpaired) electrons. The number of aliphatic hydroxyl groups excluding tert-OH is 1. The van der Waals surface area contributed by atoms with Crippen molar-refractivity contribution >= 4 is 15.9 Å². The second-order valence-corrected chi connectivity index (χ2v) is 5.96. The Labute approximate surface area is 112 Å². The predicted molar refractivity (Wildman–Crippen MR) is 74.0 cm³/mol. The van der Waals surface area contributed by atoms with Gasteiger partial charge in [0.25, 0.3) is 0 Å². The van der Waals surface area contributed by atoms with E-state index in [1.165, 1.54) is 18.4 Å². The second-order valence-electron chi connectivity index (χ2n) is 5.04. The van der Waals surface area contributed by atoms with Gasteiger partial charge < -0.3 is 10.4 Å². The Balaban J connectivity index is 1.72. The van der Waals surface area contributed by atoms with Crippen LogP contribution < -0.4 is 5.32 Å². The van der Waals surface area contributed by atoms with Crippen molar-refractivity contribution in [3.63, 3.8) is 0 Å². The van der Waals surface area contributed by atoms with Crippen molar-refractivity contribution in [2.45, 2.75) is 38.3 Å². The van der Waals surface area contributed by atoms with Crippen molar-refractivity contribution in [1.82, 2.24) is 5.32 Å². The molecule has 17 heavy (non-hydrogen) atoms. The molecule has 2 rings (SSSR count). The Morgan fingerprint density at radius 1 is 1.35 bits per heavy atom. The van der Waals surface area contributed by atoms with Crippen molar-refractivity contribution in [2.75, 3.05) is 6.54 Å². The molecule has 2 N–H and O–H groups in total. The Hall–Kier alpha value is -0.380. The van der Waals surface area contributed by atoms with E-state index in [1.54, 1.807) is 0 Å². The lowest BCUT2D eigenvalue weighted by Gasteiger charge is -2.17. The van der Waals surface area contributed by atoms with E-state index in [4.69, 9.17) is 0 Å². The lowest BCUT2D eigenvalue weighted by molar-refractivity contribution is 0.145. The Kier molecular flexibility index (Phi) is 4.60. The molecule has 0 bridgehead atoms. The maximum absolute atomic E-state index is 9.77. The zero-order valence-corrected chi connectivity index (χ0v) is 11.8. The summed E-state index contributed by atoms with van der Waals surface area (Å²) < 4.78 is 1.12. The zero-order valence-electron chi connectivity index (χ0n) is 10.2. The maximum atomic E-state index is 9.77. The van der Waals surface area contributed by atoms with E-state index < -0.39 is 0 Å². The first-order valence-corrected chi connectivity index (χ1v) is 7.10. The molecule has 2 unspecified atom stereocenters. The molecule has 0 amide bonds. The summed E-state index contributed by atoms with van der Waals surface area (Å²) in [6.45, 7) is 2.89. The third-order valence-corrected chi connectivity index (χ3v) is 3.83. The van der Waals surface area contributed by atoms with Gasteiger partial charge in [-0.1, -0.05) is 28.1 Å². The van der Waals surface area contributed by atoms with Crippen LogP contribution in [0, 0.1) is 5.92 Å². The third-order valence-electron chi connectivity index (χ3n) is 3.30. The monoisotopic (exact) mass is 297 g/mol. The topological polar surface area (TPSA) is 32.3 Å². The summed E-state index contributed by atoms with van der Waals surface area (Å²) in [7, 11) is 0. The average molecular weight is 298 g/mol. The number of benzene rings is 1. The van der Waals surface area contributed by atoms with Crippen molar-refractivity contribution < 1.29 is 5.11 Å². The van der Waals surface area contributed by atoms with Gasteiger partial charge >= 0.3 is 0 Å². The molecule has 1 aromatic carbocycles. The van der Waals surface area contributed by atoms with Gasteiger partial charge in [0.2, 0.25) is 0 Å². The normalized spacial score (nSPS) is 19.0. The first-order chi connectivity index (χ1) is 8.15. The fourth-order valence-corrected chi connectivity index (χ4v) is 2.28. The van der Waals surface area contributed by atoms with Crippen LogP contribution in [0.2, 0.25) is 0 Å². The lowest BCUT2D eigenvalue weighted by Crippen LogP contribution is -2.35. The smallest absolute Gasteiger partial charge is 0.0692 e. The van der Waals surface area contributed by atoms with Crippen molar-refractivity contribution in [3.8, 4) is 0 Å². The quantitative estimate of drug-likeness (QED) is 0.846. The van der Waals surface area contributed by atoms with E-state index in [2.05, 4.69) is 52.4 Å². The fourth-order valence-electron chi connectivity index (χ4n) is 2.02. The number of rotatable bonds is 6. The highest BCUT2D eigenvalue weighted by Gasteiger charge is 2.29. The number of halogens is 1. The number of nitrogens with one attached hydrogen (secondary N) is 1. The molecule has 0 saturated heterocycles. The summed E-state index contributed by atoms with van der Waals surface area (Å²) in [6.07, 6.45) is 3.25. The molecule has 1 aliphatic rings. The molecule has 0 heterocycles. The van der Waals surface area contributed by atoms with E-state index in [-0.39, 0.29) is 6.10 Å². The molecule has 0 aromatic heterocycles. The maximum Gasteiger partial charge on any atom is 0.0692 e. The Morgan fingerprint density at radius 3 is 2.59 bits per heavy atom. The van der Waals surface area contributed by atoms with Gasteiger partial charge in [-0.15, -0.1) is 0 Å². The van der Waals surface area contributed by atoms with Crippen molar-refractivity contribution in [1.29, 1.82) is 0 Å². The van der Waals surface area contributed by atoms with Gasteiger partial charge in [-0.05, 0) is 49.8 Å². The SMILES string of the molecule is CC(Cc1ccc(Br)cc1)NCC(O)C1CC1. The van der Waals surface area contributed by atoms with Gasteiger partial charge in [-0.3, -0.25) is 0 Å². The molecular weight excluding hydrogens is 278 g/mol. The molecule has 1 aliphatic carbocycles. The van der Waals surface area contributed by atoms with Crippen LogP contribution in [0.4, 0.5) is 0 Å². The van der Waals surface area contributed by atoms with Crippen LogP contribution in [0.5, 0.6) is 0 Å². The summed E-state index contributed by atoms with van der Waals surface area (Å²) in [5, 5.41) is 13.2. The Bertz CT molecular complexity index is 348. The Morgan fingerprint density at radius 2 is 2.00 bits per heavy atom. The van der Waals surface area contributed by atoms with Gasteiger partial charge in [0, 0.05) is 17.1 Å². The number of hydrogen-bond acceptors (Lipinski definition) is 2. The van der Waals surface area contributed by atoms with Gasteiger partial charge in [0.1, 0.15) is 0 Å². The molecule has 2 nitrogen and oxygen atoms in total. The molecule has 0 spiro atoms. The summed E-state index contributed by atoms with van der Waals surface area (Å²) in [5.41, 5.74) is 1.33. The highest BCUT2D eigenvalue weighted by molar-refractivity contribution is 9.10. The van der Waals surface area contributed by atoms with Gasteiger partial charge in [0.05, 0.1) is 6.10 Å². The number of aliphatic hydroxyl groups is 1. The van der Waals surface area contributed by atoms with Crippen LogP contribution in [-0.4, -0.2) is 23.8 Å². The molecule has 1 fully saturated rings. The molecule has 94 valence electrons. The van der Waals surface area contributed by atoms with Crippen LogP contribution in [0.15, 0.2) is 28.7 Å². The molecular formula is C14H20BrNO. The first kappa shape index (κ1) is 13.1. The molecule has 1 saturated carbocycles. The van der Waals surface area contributed by atoms with Crippen molar-refractivity contribution in [3.05, 3.63) is 34.3 Å². The summed E-state index contributed by atoms with van der Waals surface area (Å²) in [6, 6.07) is 8.83. The average Bonchev–Trinajstić information content (AvgIpc) is 3.13. The highest BCUT2D eigenvalue weighted by Crippen LogP contribution is 2.32. The van der Waals surface area contributed by atoms with E-state index in [0.717, 1.165) is 17.4 Å². The minimum absolute atomic E-state index is 0.151. The van der Waals surface area contributed by atoms with E-state index in [9.17, 15) is 5.11 Å². The molecule has 0 aliphatic heterocycles.